The highest BCUT2D eigenvalue weighted by atomic mass is 32.3. The molecular weight excluding hydrogens is 771 g/mol. The first kappa shape index (κ1) is 40.5. The van der Waals surface area contributed by atoms with Crippen LogP contribution in [0.5, 0.6) is 0 Å². The van der Waals surface area contributed by atoms with Crippen molar-refractivity contribution in [3.05, 3.63) is 53.2 Å². The fraction of sp³-hybridized carbons (Fsp3) is 0.364. The number of hydrogen-bond acceptors (Lipinski definition) is 19. The van der Waals surface area contributed by atoms with Crippen molar-refractivity contribution in [1.82, 2.24) is 24.9 Å². The van der Waals surface area contributed by atoms with E-state index in [1.807, 2.05) is 42.6 Å². The van der Waals surface area contributed by atoms with E-state index < -0.39 is 10.1 Å². The minimum Gasteiger partial charge on any atom is -0.396 e. The summed E-state index contributed by atoms with van der Waals surface area (Å²) < 4.78 is 32.8. The van der Waals surface area contributed by atoms with Crippen LogP contribution in [0, 0.1) is 13.8 Å². The summed E-state index contributed by atoms with van der Waals surface area (Å²) in [7, 11) is -4.46. The lowest BCUT2D eigenvalue weighted by molar-refractivity contribution is 0.322. The predicted molar refractivity (Wildman–Crippen MR) is 216 cm³/mol. The van der Waals surface area contributed by atoms with Crippen LogP contribution in [0.25, 0.3) is 0 Å². The normalized spacial score (nSPS) is 11.9. The number of aryl methyl sites for hydroxylation is 2. The Morgan fingerprint density at radius 3 is 1.74 bits per heavy atom. The molecule has 0 saturated heterocycles. The smallest absolute Gasteiger partial charge is 0.306 e. The van der Waals surface area contributed by atoms with E-state index in [0.717, 1.165) is 43.2 Å². The van der Waals surface area contributed by atoms with Gasteiger partial charge in [0.2, 0.25) is 22.2 Å². The van der Waals surface area contributed by atoms with E-state index in [1.165, 1.54) is 30.0 Å². The maximum absolute atomic E-state index is 11.8. The van der Waals surface area contributed by atoms with E-state index in [4.69, 9.17) is 4.98 Å². The highest BCUT2D eigenvalue weighted by Crippen LogP contribution is 2.37. The largest absolute Gasteiger partial charge is 0.396 e. The van der Waals surface area contributed by atoms with Crippen LogP contribution in [0.1, 0.15) is 39.1 Å². The topological polar surface area (TPSA) is 219 Å². The number of thioether (sulfide) groups is 1. The fourth-order valence-corrected chi connectivity index (χ4v) is 8.01. The quantitative estimate of drug-likeness (QED) is 0.0369. The van der Waals surface area contributed by atoms with Crippen molar-refractivity contribution in [1.29, 1.82) is 0 Å². The molecule has 0 bridgehead atoms. The molecule has 0 fully saturated rings. The van der Waals surface area contributed by atoms with Crippen molar-refractivity contribution >= 4 is 101 Å². The van der Waals surface area contributed by atoms with E-state index >= 15 is 0 Å². The number of aromatic nitrogens is 5. The second-order valence-corrected chi connectivity index (χ2v) is 15.8. The number of nitrogens with one attached hydrogen (secondary N) is 2. The molecule has 3 aromatic heterocycles. The third-order valence-electron chi connectivity index (χ3n) is 7.72. The number of benzene rings is 2. The van der Waals surface area contributed by atoms with Crippen LogP contribution in [-0.4, -0.2) is 81.5 Å². The molecule has 5 rings (SSSR count). The molecule has 3 heterocycles. The van der Waals surface area contributed by atoms with Gasteiger partial charge in [0.25, 0.3) is 0 Å². The van der Waals surface area contributed by atoms with Crippen molar-refractivity contribution in [2.75, 3.05) is 59.0 Å². The fourth-order valence-electron chi connectivity index (χ4n) is 5.14. The van der Waals surface area contributed by atoms with Crippen molar-refractivity contribution in [3.63, 3.8) is 0 Å². The lowest BCUT2D eigenvalue weighted by atomic mass is 10.2. The molecule has 0 atom stereocenters. The molecule has 0 saturated carbocycles. The van der Waals surface area contributed by atoms with Gasteiger partial charge in [-0.15, -0.1) is 31.8 Å². The molecule has 17 nitrogen and oxygen atoms in total. The number of anilines is 6. The summed E-state index contributed by atoms with van der Waals surface area (Å²) >= 11 is 3.36. The van der Waals surface area contributed by atoms with Crippen molar-refractivity contribution in [2.24, 2.45) is 20.5 Å². The van der Waals surface area contributed by atoms with Gasteiger partial charge in [0.1, 0.15) is 11.4 Å². The summed E-state index contributed by atoms with van der Waals surface area (Å²) in [5, 5.41) is 36.5. The molecule has 0 spiro atoms. The van der Waals surface area contributed by atoms with Crippen LogP contribution in [0.15, 0.2) is 71.6 Å². The molecule has 4 N–H and O–H groups in total. The monoisotopic (exact) mass is 811 g/mol. The van der Waals surface area contributed by atoms with Gasteiger partial charge in [0, 0.05) is 48.7 Å². The zero-order valence-corrected chi connectivity index (χ0v) is 33.8. The number of azo groups is 2. The van der Waals surface area contributed by atoms with E-state index in [2.05, 4.69) is 88.5 Å². The van der Waals surface area contributed by atoms with Gasteiger partial charge in [-0.25, -0.2) is 9.97 Å². The Labute approximate surface area is 325 Å². The van der Waals surface area contributed by atoms with Gasteiger partial charge in [-0.3, -0.25) is 4.55 Å². The van der Waals surface area contributed by atoms with Crippen LogP contribution in [-0.2, 0) is 10.1 Å². The summed E-state index contributed by atoms with van der Waals surface area (Å²) in [5.41, 5.74) is 4.89. The number of aliphatic hydroxyl groups excluding tert-OH is 1. The minimum atomic E-state index is -4.46. The molecule has 286 valence electrons. The highest BCUT2D eigenvalue weighted by molar-refractivity contribution is 7.99. The Balaban J connectivity index is 1.56. The molecule has 0 amide bonds. The van der Waals surface area contributed by atoms with E-state index in [0.29, 0.717) is 50.1 Å². The van der Waals surface area contributed by atoms with Gasteiger partial charge in [0.15, 0.2) is 9.37 Å². The Bertz CT molecular complexity index is 2220. The Morgan fingerprint density at radius 1 is 0.759 bits per heavy atom. The molecule has 5 aromatic rings. The molecule has 0 radical (unpaired) electrons. The number of aliphatic hydroxyl groups is 1. The number of thiazole rings is 2. The Kier molecular flexibility index (Phi) is 13.9. The lowest BCUT2D eigenvalue weighted by Crippen LogP contribution is -2.21. The van der Waals surface area contributed by atoms with E-state index in [-0.39, 0.29) is 33.5 Å². The van der Waals surface area contributed by atoms with Gasteiger partial charge in [0.05, 0.1) is 29.4 Å². The first-order valence-corrected chi connectivity index (χ1v) is 21.1. The zero-order chi connectivity index (χ0) is 38.8. The maximum Gasteiger partial charge on any atom is 0.306 e. The van der Waals surface area contributed by atoms with Gasteiger partial charge in [-0.2, -0.15) is 23.4 Å². The molecule has 0 aliphatic heterocycles. The minimum absolute atomic E-state index is 0.0538. The van der Waals surface area contributed by atoms with E-state index in [9.17, 15) is 18.1 Å². The van der Waals surface area contributed by atoms with Crippen molar-refractivity contribution in [2.45, 2.75) is 50.9 Å². The third kappa shape index (κ3) is 10.5. The van der Waals surface area contributed by atoms with Crippen LogP contribution in [0.4, 0.5) is 56.3 Å². The SMILES string of the molecule is CCN(CC)c1ccc(/N=N/c2nc(C)cs2)c(Nc2nc(Nc3cc(N(CC)CC)ccc3/N=N/c3nc(C)c(S(=O)(=O)O)s3)nc(SCCO)n2)c1. The van der Waals surface area contributed by atoms with Crippen LogP contribution >= 0.6 is 34.4 Å². The van der Waals surface area contributed by atoms with Gasteiger partial charge in [-0.1, -0.05) is 23.1 Å². The summed E-state index contributed by atoms with van der Waals surface area (Å²) in [6.45, 7) is 14.7. The second-order valence-electron chi connectivity index (χ2n) is 11.4. The summed E-state index contributed by atoms with van der Waals surface area (Å²) in [4.78, 5) is 26.9. The molecule has 54 heavy (non-hydrogen) atoms. The Morgan fingerprint density at radius 2 is 1.30 bits per heavy atom. The van der Waals surface area contributed by atoms with Crippen LogP contribution < -0.4 is 20.4 Å². The average Bonchev–Trinajstić information content (AvgIpc) is 3.75. The molecular formula is C33H41N13O4S4. The summed E-state index contributed by atoms with van der Waals surface area (Å²) in [6, 6.07) is 11.4. The van der Waals surface area contributed by atoms with Gasteiger partial charge < -0.3 is 25.5 Å². The highest BCUT2D eigenvalue weighted by Gasteiger charge is 2.20. The predicted octanol–water partition coefficient (Wildman–Crippen LogP) is 8.74. The zero-order valence-electron chi connectivity index (χ0n) is 30.5. The molecule has 21 heteroatoms. The lowest BCUT2D eigenvalue weighted by Gasteiger charge is -2.22. The first-order chi connectivity index (χ1) is 25.9. The third-order valence-corrected chi connectivity index (χ3v) is 11.9. The summed E-state index contributed by atoms with van der Waals surface area (Å²) in [6.07, 6.45) is 0. The standard InChI is InChI=1S/C33H41N13O4S4/c1-7-45(8-2)22-11-13-24(41-43-32-34-20(5)19-52-32)26(17-22)36-29-38-30(40-31(39-29)51-16-15-47)37-27-18-23(46(9-3)10-4)12-14-25(27)42-44-33-35-21(6)28(53-33)54(48,49)50/h11-14,17-19,47H,7-10,15-16H2,1-6H3,(H,48,49,50)(H2,36,37,38,39,40)/b43-41+,44-42+. The second kappa shape index (κ2) is 18.6. The van der Waals surface area contributed by atoms with Gasteiger partial charge in [-0.05, 0) is 77.9 Å². The first-order valence-electron chi connectivity index (χ1n) is 17.0. The van der Waals surface area contributed by atoms with E-state index in [1.54, 1.807) is 6.07 Å². The molecule has 0 aliphatic rings. The number of rotatable bonds is 18. The Hall–Kier alpha value is -4.67. The van der Waals surface area contributed by atoms with Crippen molar-refractivity contribution < 1.29 is 18.1 Å². The summed E-state index contributed by atoms with van der Waals surface area (Å²) in [5.74, 6) is 0.745. The molecule has 0 unspecified atom stereocenters. The number of nitrogens with zero attached hydrogens (tertiary/aromatic N) is 11. The van der Waals surface area contributed by atoms with Crippen molar-refractivity contribution in [3.8, 4) is 0 Å². The molecule has 0 aliphatic carbocycles. The molecule has 2 aromatic carbocycles. The van der Waals surface area contributed by atoms with Crippen LogP contribution in [0.2, 0.25) is 0 Å². The average molecular weight is 812 g/mol. The maximum atomic E-state index is 11.8. The van der Waals surface area contributed by atoms with Crippen LogP contribution in [0.3, 0.4) is 0 Å². The number of hydrogen-bond donors (Lipinski definition) is 4. The van der Waals surface area contributed by atoms with Gasteiger partial charge >= 0.3 is 10.1 Å².